The lowest BCUT2D eigenvalue weighted by Crippen LogP contribution is -2.05. The van der Waals surface area contributed by atoms with Crippen LogP contribution < -0.4 is 9.47 Å². The van der Waals surface area contributed by atoms with Crippen molar-refractivity contribution >= 4 is 0 Å². The molecule has 6 rings (SSSR count). The molecule has 4 aromatic rings. The molecule has 0 aromatic carbocycles. The minimum Gasteiger partial charge on any atom is -0.480 e. The van der Waals surface area contributed by atoms with E-state index in [4.69, 9.17) is 9.47 Å². The van der Waals surface area contributed by atoms with Crippen LogP contribution in [0.25, 0.3) is 22.9 Å². The Balaban J connectivity index is 1.23. The predicted molar refractivity (Wildman–Crippen MR) is 125 cm³/mol. The summed E-state index contributed by atoms with van der Waals surface area (Å²) < 4.78 is 67.2. The third-order valence-electron chi connectivity index (χ3n) is 6.31. The molecule has 0 bridgehead atoms. The highest BCUT2D eigenvalue weighted by Gasteiger charge is 2.38. The number of rotatable bonds is 8. The third kappa shape index (κ3) is 4.75. The van der Waals surface area contributed by atoms with Crippen molar-refractivity contribution in [2.75, 3.05) is 7.11 Å². The smallest absolute Gasteiger partial charge is 0.434 e. The Morgan fingerprint density at radius 2 is 1.87 bits per heavy atom. The average molecular weight is 527 g/mol. The van der Waals surface area contributed by atoms with Crippen LogP contribution >= 0.6 is 0 Å². The number of hydrogen-bond acceptors (Lipinski definition) is 8. The van der Waals surface area contributed by atoms with Crippen LogP contribution in [0.15, 0.2) is 37.1 Å². The molecule has 4 heterocycles. The fourth-order valence-corrected chi connectivity index (χ4v) is 4.17. The standard InChI is InChI=1S/C25H21F4N7O2/c1-37-24-19(20(14-2-3-14)32-12-33-24)22-30-7-6-18(35-22)38-11-13-8-16(26)21(31-9-13)23-34-17(25(27,28)29)10-36(23)15-4-5-15/h6-10,12,14-15H,2-5,11H2,1H3. The van der Waals surface area contributed by atoms with E-state index in [9.17, 15) is 13.2 Å². The predicted octanol–water partition coefficient (Wildman–Crippen LogP) is 5.15. The molecule has 13 heteroatoms. The molecule has 0 spiro atoms. The van der Waals surface area contributed by atoms with Crippen LogP contribution in [-0.2, 0) is 12.8 Å². The van der Waals surface area contributed by atoms with E-state index in [2.05, 4.69) is 29.9 Å². The molecule has 0 saturated heterocycles. The minimum atomic E-state index is -4.63. The molecule has 0 amide bonds. The molecule has 0 atom stereocenters. The van der Waals surface area contributed by atoms with Crippen LogP contribution in [0.3, 0.4) is 0 Å². The van der Waals surface area contributed by atoms with E-state index in [0.717, 1.165) is 24.7 Å². The maximum absolute atomic E-state index is 15.0. The van der Waals surface area contributed by atoms with Gasteiger partial charge in [0, 0.05) is 42.2 Å². The van der Waals surface area contributed by atoms with Crippen LogP contribution in [0.5, 0.6) is 11.8 Å². The topological polar surface area (TPSA) is 101 Å². The fourth-order valence-electron chi connectivity index (χ4n) is 4.17. The van der Waals surface area contributed by atoms with E-state index >= 15 is 4.39 Å². The van der Waals surface area contributed by atoms with E-state index in [0.29, 0.717) is 41.6 Å². The van der Waals surface area contributed by atoms with E-state index in [-0.39, 0.29) is 30.0 Å². The largest absolute Gasteiger partial charge is 0.480 e. The highest BCUT2D eigenvalue weighted by Crippen LogP contribution is 2.45. The van der Waals surface area contributed by atoms with Gasteiger partial charge >= 0.3 is 6.18 Å². The Bertz CT molecular complexity index is 1500. The molecule has 2 aliphatic carbocycles. The SMILES string of the molecule is COc1ncnc(C2CC2)c1-c1nccc(OCc2cnc(-c3nc(C(F)(F)F)cn3C3CC3)c(F)c2)n1. The third-order valence-corrected chi connectivity index (χ3v) is 6.31. The summed E-state index contributed by atoms with van der Waals surface area (Å²) in [5.74, 6) is 0.288. The number of nitrogens with zero attached hydrogens (tertiary/aromatic N) is 7. The highest BCUT2D eigenvalue weighted by atomic mass is 19.4. The zero-order valence-corrected chi connectivity index (χ0v) is 20.1. The van der Waals surface area contributed by atoms with Crippen LogP contribution in [0.1, 0.15) is 54.6 Å². The van der Waals surface area contributed by atoms with Gasteiger partial charge in [0.2, 0.25) is 11.8 Å². The second kappa shape index (κ2) is 9.30. The van der Waals surface area contributed by atoms with Gasteiger partial charge in [-0.2, -0.15) is 18.2 Å². The van der Waals surface area contributed by atoms with E-state index in [1.807, 2.05) is 0 Å². The van der Waals surface area contributed by atoms with Gasteiger partial charge in [0.05, 0.1) is 12.8 Å². The Kier molecular flexibility index (Phi) is 5.92. The molecule has 4 aromatic heterocycles. The second-order valence-corrected chi connectivity index (χ2v) is 9.18. The molecule has 2 saturated carbocycles. The molecule has 196 valence electrons. The maximum Gasteiger partial charge on any atom is 0.434 e. The van der Waals surface area contributed by atoms with Gasteiger partial charge in [0.15, 0.2) is 23.2 Å². The Morgan fingerprint density at radius 1 is 1.05 bits per heavy atom. The van der Waals surface area contributed by atoms with Gasteiger partial charge in [0.1, 0.15) is 24.2 Å². The number of alkyl halides is 3. The van der Waals surface area contributed by atoms with Gasteiger partial charge in [-0.1, -0.05) is 0 Å². The summed E-state index contributed by atoms with van der Waals surface area (Å²) in [6, 6.07) is 2.58. The van der Waals surface area contributed by atoms with Gasteiger partial charge in [0.25, 0.3) is 0 Å². The maximum atomic E-state index is 15.0. The van der Waals surface area contributed by atoms with Crippen molar-refractivity contribution in [2.45, 2.75) is 50.4 Å². The average Bonchev–Trinajstić information content (AvgIpc) is 3.85. The molecule has 2 aliphatic rings. The summed E-state index contributed by atoms with van der Waals surface area (Å²) in [6.45, 7) is -0.0799. The molecule has 0 N–H and O–H groups in total. The molecule has 0 aliphatic heterocycles. The van der Waals surface area contributed by atoms with Crippen molar-refractivity contribution in [3.63, 3.8) is 0 Å². The summed E-state index contributed by atoms with van der Waals surface area (Å²) in [5, 5.41) is 0. The van der Waals surface area contributed by atoms with Crippen LogP contribution in [0.2, 0.25) is 0 Å². The van der Waals surface area contributed by atoms with Crippen LogP contribution in [-0.4, -0.2) is 41.6 Å². The lowest BCUT2D eigenvalue weighted by Gasteiger charge is -2.12. The van der Waals surface area contributed by atoms with Crippen LogP contribution in [0, 0.1) is 5.82 Å². The Hall–Kier alpha value is -4.16. The number of hydrogen-bond donors (Lipinski definition) is 0. The summed E-state index contributed by atoms with van der Waals surface area (Å²) in [5.41, 5.74) is 0.465. The number of imidazole rings is 1. The van der Waals surface area contributed by atoms with Gasteiger partial charge < -0.3 is 14.0 Å². The zero-order valence-electron chi connectivity index (χ0n) is 20.1. The first-order valence-corrected chi connectivity index (χ1v) is 12.0. The number of aromatic nitrogens is 7. The van der Waals surface area contributed by atoms with Crippen molar-refractivity contribution in [3.8, 4) is 34.7 Å². The van der Waals surface area contributed by atoms with Crippen molar-refractivity contribution < 1.29 is 27.0 Å². The zero-order chi connectivity index (χ0) is 26.4. The number of pyridine rings is 1. The van der Waals surface area contributed by atoms with Gasteiger partial charge in [-0.25, -0.2) is 29.3 Å². The lowest BCUT2D eigenvalue weighted by molar-refractivity contribution is -0.140. The number of ether oxygens (including phenoxy) is 2. The van der Waals surface area contributed by atoms with Gasteiger partial charge in [-0.05, 0) is 31.7 Å². The molecule has 2 fully saturated rings. The quantitative estimate of drug-likeness (QED) is 0.290. The van der Waals surface area contributed by atoms with Gasteiger partial charge in [-0.3, -0.25) is 0 Å². The molecule has 38 heavy (non-hydrogen) atoms. The number of halogens is 4. The van der Waals surface area contributed by atoms with Crippen molar-refractivity contribution in [2.24, 2.45) is 0 Å². The minimum absolute atomic E-state index is 0.0799. The molecule has 0 radical (unpaired) electrons. The molecule has 9 nitrogen and oxygen atoms in total. The Labute approximate surface area is 214 Å². The van der Waals surface area contributed by atoms with E-state index in [1.165, 1.54) is 36.5 Å². The first-order valence-electron chi connectivity index (χ1n) is 12.0. The highest BCUT2D eigenvalue weighted by molar-refractivity contribution is 5.66. The summed E-state index contributed by atoms with van der Waals surface area (Å²) in [7, 11) is 1.51. The fraction of sp³-hybridized carbons (Fsp3) is 0.360. The van der Waals surface area contributed by atoms with Crippen LogP contribution in [0.4, 0.5) is 17.6 Å². The van der Waals surface area contributed by atoms with E-state index < -0.39 is 17.7 Å². The molecular weight excluding hydrogens is 506 g/mol. The van der Waals surface area contributed by atoms with E-state index in [1.54, 1.807) is 6.07 Å². The summed E-state index contributed by atoms with van der Waals surface area (Å²) in [4.78, 5) is 25.1. The second-order valence-electron chi connectivity index (χ2n) is 9.18. The lowest BCUT2D eigenvalue weighted by atomic mass is 10.1. The Morgan fingerprint density at radius 3 is 2.55 bits per heavy atom. The molecule has 0 unspecified atom stereocenters. The van der Waals surface area contributed by atoms with Crippen molar-refractivity contribution in [1.82, 2.24) is 34.5 Å². The summed E-state index contributed by atoms with van der Waals surface area (Å²) in [6.07, 6.45) is 4.04. The first-order chi connectivity index (χ1) is 18.3. The van der Waals surface area contributed by atoms with Crippen molar-refractivity contribution in [1.29, 1.82) is 0 Å². The monoisotopic (exact) mass is 527 g/mol. The van der Waals surface area contributed by atoms with Gasteiger partial charge in [-0.15, -0.1) is 0 Å². The molecular formula is C25H21F4N7O2. The summed E-state index contributed by atoms with van der Waals surface area (Å²) >= 11 is 0. The normalized spacial score (nSPS) is 15.5. The first kappa shape index (κ1) is 24.2. The number of methoxy groups -OCH3 is 1. The van der Waals surface area contributed by atoms with Crippen molar-refractivity contribution in [3.05, 3.63) is 59.8 Å².